The van der Waals surface area contributed by atoms with E-state index in [2.05, 4.69) is 5.10 Å². The highest BCUT2D eigenvalue weighted by molar-refractivity contribution is 5.73. The summed E-state index contributed by atoms with van der Waals surface area (Å²) in [5.74, 6) is 0.0301. The molecule has 2 aromatic rings. The molecule has 0 unspecified atom stereocenters. The number of nitrogens with zero attached hydrogens (tertiary/aromatic N) is 3. The standard InChI is InChI=1S/C17H21N3O3/c1-23-16-7-6-14(20-10-4-8-18-20)11-13(16)12-19-9-3-2-5-15(19)17(21)22/h4,6-8,10-11,15H,2-3,5,9,12H2,1H3,(H,21,22)/t15-/m1/s1. The van der Waals surface area contributed by atoms with Crippen molar-refractivity contribution in [1.82, 2.24) is 14.7 Å². The minimum Gasteiger partial charge on any atom is -0.496 e. The van der Waals surface area contributed by atoms with Gasteiger partial charge in [0, 0.05) is 24.5 Å². The molecule has 1 aliphatic rings. The van der Waals surface area contributed by atoms with Gasteiger partial charge in [0.1, 0.15) is 11.8 Å². The molecule has 6 heteroatoms. The lowest BCUT2D eigenvalue weighted by molar-refractivity contribution is -0.144. The lowest BCUT2D eigenvalue weighted by Gasteiger charge is -2.33. The summed E-state index contributed by atoms with van der Waals surface area (Å²) in [6, 6.07) is 7.32. The average molecular weight is 315 g/mol. The van der Waals surface area contributed by atoms with Crippen molar-refractivity contribution in [3.05, 3.63) is 42.2 Å². The van der Waals surface area contributed by atoms with Gasteiger partial charge >= 0.3 is 5.97 Å². The predicted molar refractivity (Wildman–Crippen MR) is 85.8 cm³/mol. The molecule has 0 amide bonds. The Labute approximate surface area is 135 Å². The third kappa shape index (κ3) is 3.37. The maximum atomic E-state index is 11.5. The maximum Gasteiger partial charge on any atom is 0.320 e. The fraction of sp³-hybridized carbons (Fsp3) is 0.412. The highest BCUT2D eigenvalue weighted by atomic mass is 16.5. The van der Waals surface area contributed by atoms with Crippen LogP contribution in [0.1, 0.15) is 24.8 Å². The fourth-order valence-electron chi connectivity index (χ4n) is 3.13. The van der Waals surface area contributed by atoms with Gasteiger partial charge in [0.2, 0.25) is 0 Å². The van der Waals surface area contributed by atoms with Gasteiger partial charge in [-0.2, -0.15) is 5.10 Å². The SMILES string of the molecule is COc1ccc(-n2cccn2)cc1CN1CCCC[C@@H]1C(=O)O. The second kappa shape index (κ2) is 6.83. The van der Waals surface area contributed by atoms with Gasteiger partial charge in [0.05, 0.1) is 12.8 Å². The fourth-order valence-corrected chi connectivity index (χ4v) is 3.13. The zero-order valence-electron chi connectivity index (χ0n) is 13.2. The Kier molecular flexibility index (Phi) is 4.62. The van der Waals surface area contributed by atoms with E-state index in [1.54, 1.807) is 18.0 Å². The van der Waals surface area contributed by atoms with Gasteiger partial charge in [0.25, 0.3) is 0 Å². The molecule has 0 radical (unpaired) electrons. The molecule has 1 atom stereocenters. The number of hydrogen-bond donors (Lipinski definition) is 1. The summed E-state index contributed by atoms with van der Waals surface area (Å²) in [6.45, 7) is 1.36. The molecule has 122 valence electrons. The topological polar surface area (TPSA) is 67.6 Å². The van der Waals surface area contributed by atoms with Crippen molar-refractivity contribution in [2.75, 3.05) is 13.7 Å². The number of aliphatic carboxylic acids is 1. The molecule has 23 heavy (non-hydrogen) atoms. The molecule has 1 fully saturated rings. The second-order valence-corrected chi connectivity index (χ2v) is 5.77. The second-order valence-electron chi connectivity index (χ2n) is 5.77. The van der Waals surface area contributed by atoms with E-state index in [-0.39, 0.29) is 0 Å². The molecular weight excluding hydrogens is 294 g/mol. The summed E-state index contributed by atoms with van der Waals surface area (Å²) >= 11 is 0. The number of carbonyl (C=O) groups is 1. The van der Waals surface area contributed by atoms with Gasteiger partial charge in [-0.05, 0) is 43.7 Å². The van der Waals surface area contributed by atoms with Gasteiger partial charge in [-0.25, -0.2) is 4.68 Å². The van der Waals surface area contributed by atoms with Crippen LogP contribution in [0.15, 0.2) is 36.7 Å². The molecule has 0 spiro atoms. The highest BCUT2D eigenvalue weighted by Gasteiger charge is 2.28. The van der Waals surface area contributed by atoms with Crippen LogP contribution in [0.5, 0.6) is 5.75 Å². The average Bonchev–Trinajstić information content (AvgIpc) is 3.09. The summed E-state index contributed by atoms with van der Waals surface area (Å²) in [6.07, 6.45) is 6.32. The van der Waals surface area contributed by atoms with Crippen molar-refractivity contribution in [2.45, 2.75) is 31.8 Å². The Balaban J connectivity index is 1.88. The zero-order chi connectivity index (χ0) is 16.2. The van der Waals surface area contributed by atoms with E-state index in [1.165, 1.54) is 0 Å². The van der Waals surface area contributed by atoms with Crippen LogP contribution in [-0.2, 0) is 11.3 Å². The van der Waals surface area contributed by atoms with Gasteiger partial charge < -0.3 is 9.84 Å². The van der Waals surface area contributed by atoms with Crippen LogP contribution in [0.25, 0.3) is 5.69 Å². The van der Waals surface area contributed by atoms with Crippen molar-refractivity contribution in [3.8, 4) is 11.4 Å². The van der Waals surface area contributed by atoms with Crippen LogP contribution < -0.4 is 4.74 Å². The Bertz CT molecular complexity index is 670. The summed E-state index contributed by atoms with van der Waals surface area (Å²) < 4.78 is 7.24. The van der Waals surface area contributed by atoms with Crippen LogP contribution in [0, 0.1) is 0 Å². The summed E-state index contributed by atoms with van der Waals surface area (Å²) in [4.78, 5) is 13.5. The van der Waals surface area contributed by atoms with Crippen molar-refractivity contribution >= 4 is 5.97 Å². The van der Waals surface area contributed by atoms with E-state index >= 15 is 0 Å². The molecule has 6 nitrogen and oxygen atoms in total. The first-order valence-corrected chi connectivity index (χ1v) is 7.83. The molecule has 1 N–H and O–H groups in total. The minimum atomic E-state index is -0.744. The largest absolute Gasteiger partial charge is 0.496 e. The van der Waals surface area contributed by atoms with Gasteiger partial charge in [-0.1, -0.05) is 6.42 Å². The predicted octanol–water partition coefficient (Wildman–Crippen LogP) is 2.32. The minimum absolute atomic E-state index is 0.415. The van der Waals surface area contributed by atoms with Gasteiger partial charge in [-0.15, -0.1) is 0 Å². The number of aromatic nitrogens is 2. The van der Waals surface area contributed by atoms with E-state index < -0.39 is 12.0 Å². The van der Waals surface area contributed by atoms with Crippen molar-refractivity contribution < 1.29 is 14.6 Å². The van der Waals surface area contributed by atoms with Gasteiger partial charge in [0.15, 0.2) is 0 Å². The first-order chi connectivity index (χ1) is 11.2. The third-order valence-corrected chi connectivity index (χ3v) is 4.31. The van der Waals surface area contributed by atoms with Crippen LogP contribution in [0.3, 0.4) is 0 Å². The third-order valence-electron chi connectivity index (χ3n) is 4.31. The van der Waals surface area contributed by atoms with E-state index in [0.717, 1.165) is 36.4 Å². The number of piperidine rings is 1. The molecule has 0 aliphatic carbocycles. The van der Waals surface area contributed by atoms with E-state index in [9.17, 15) is 9.90 Å². The van der Waals surface area contributed by atoms with Crippen LogP contribution in [0.4, 0.5) is 0 Å². The van der Waals surface area contributed by atoms with Crippen molar-refractivity contribution in [3.63, 3.8) is 0 Å². The van der Waals surface area contributed by atoms with Crippen LogP contribution >= 0.6 is 0 Å². The normalized spacial score (nSPS) is 18.7. The molecule has 1 aromatic carbocycles. The number of carboxylic acid groups (broad SMARTS) is 1. The molecule has 0 saturated carbocycles. The molecular formula is C17H21N3O3. The number of carboxylic acids is 1. The summed E-state index contributed by atoms with van der Waals surface area (Å²) in [7, 11) is 1.64. The first-order valence-electron chi connectivity index (χ1n) is 7.83. The Morgan fingerprint density at radius 3 is 3.00 bits per heavy atom. The molecule has 1 aliphatic heterocycles. The number of methoxy groups -OCH3 is 1. The Hall–Kier alpha value is -2.34. The first kappa shape index (κ1) is 15.6. The van der Waals surface area contributed by atoms with Crippen LogP contribution in [-0.4, -0.2) is 45.5 Å². The molecule has 1 aromatic heterocycles. The number of ether oxygens (including phenoxy) is 1. The monoisotopic (exact) mass is 315 g/mol. The van der Waals surface area contributed by atoms with Crippen molar-refractivity contribution in [1.29, 1.82) is 0 Å². The quantitative estimate of drug-likeness (QED) is 0.917. The van der Waals surface area contributed by atoms with E-state index in [0.29, 0.717) is 13.0 Å². The zero-order valence-corrected chi connectivity index (χ0v) is 13.2. The number of benzene rings is 1. The number of rotatable bonds is 5. The van der Waals surface area contributed by atoms with E-state index in [1.807, 2.05) is 35.4 Å². The molecule has 2 heterocycles. The Morgan fingerprint density at radius 2 is 2.30 bits per heavy atom. The van der Waals surface area contributed by atoms with E-state index in [4.69, 9.17) is 4.74 Å². The maximum absolute atomic E-state index is 11.5. The highest BCUT2D eigenvalue weighted by Crippen LogP contribution is 2.26. The van der Waals surface area contributed by atoms with Gasteiger partial charge in [-0.3, -0.25) is 9.69 Å². The van der Waals surface area contributed by atoms with Crippen LogP contribution in [0.2, 0.25) is 0 Å². The lowest BCUT2D eigenvalue weighted by Crippen LogP contribution is -2.44. The lowest BCUT2D eigenvalue weighted by atomic mass is 10.0. The summed E-state index contributed by atoms with van der Waals surface area (Å²) in [5.41, 5.74) is 1.92. The smallest absolute Gasteiger partial charge is 0.320 e. The number of hydrogen-bond acceptors (Lipinski definition) is 4. The number of likely N-dealkylation sites (tertiary alicyclic amines) is 1. The molecule has 3 rings (SSSR count). The molecule has 1 saturated heterocycles. The Morgan fingerprint density at radius 1 is 1.43 bits per heavy atom. The summed E-state index contributed by atoms with van der Waals surface area (Å²) in [5, 5.41) is 13.7. The molecule has 0 bridgehead atoms. The van der Waals surface area contributed by atoms with Crippen molar-refractivity contribution in [2.24, 2.45) is 0 Å².